The number of carbonyl (C=O) groups is 2. The van der Waals surface area contributed by atoms with Gasteiger partial charge in [0, 0.05) is 30.4 Å². The quantitative estimate of drug-likeness (QED) is 0.289. The summed E-state index contributed by atoms with van der Waals surface area (Å²) in [5, 5.41) is 0.865. The Balaban J connectivity index is 2.20. The van der Waals surface area contributed by atoms with Gasteiger partial charge in [0.05, 0.1) is 25.0 Å². The van der Waals surface area contributed by atoms with Crippen molar-refractivity contribution in [1.29, 1.82) is 0 Å². The maximum atomic E-state index is 12.6. The van der Waals surface area contributed by atoms with Crippen LogP contribution in [0.5, 0.6) is 11.5 Å². The zero-order chi connectivity index (χ0) is 21.4. The fraction of sp³-hybridized carbons (Fsp3) is 0.524. The van der Waals surface area contributed by atoms with Crippen molar-refractivity contribution in [2.75, 3.05) is 34.0 Å². The second kappa shape index (κ2) is 11.1. The molecule has 0 saturated heterocycles. The van der Waals surface area contributed by atoms with Gasteiger partial charge < -0.3 is 23.7 Å². The average Bonchev–Trinajstić information content (AvgIpc) is 3.13. The van der Waals surface area contributed by atoms with Gasteiger partial charge in [-0.2, -0.15) is 0 Å². The monoisotopic (exact) mass is 424 g/mol. The Morgan fingerprint density at radius 2 is 1.72 bits per heavy atom. The molecule has 2 aromatic rings. The van der Waals surface area contributed by atoms with Gasteiger partial charge in [0.1, 0.15) is 6.61 Å². The second-order valence-corrected chi connectivity index (χ2v) is 7.44. The van der Waals surface area contributed by atoms with E-state index in [-0.39, 0.29) is 18.8 Å². The molecular formula is C21H28O7S. The van der Waals surface area contributed by atoms with E-state index in [0.29, 0.717) is 29.6 Å². The van der Waals surface area contributed by atoms with Crippen LogP contribution in [0.25, 0.3) is 10.1 Å². The number of Topliss-reactive ketones (excluding diaryl/α,β-unsaturated/α-hetero) is 1. The minimum Gasteiger partial charge on any atom is -0.493 e. The molecule has 29 heavy (non-hydrogen) atoms. The average molecular weight is 425 g/mol. The number of thiophene rings is 1. The molecule has 0 N–H and O–H groups in total. The van der Waals surface area contributed by atoms with Gasteiger partial charge in [-0.15, -0.1) is 11.3 Å². The highest BCUT2D eigenvalue weighted by Crippen LogP contribution is 2.37. The zero-order valence-electron chi connectivity index (χ0n) is 17.5. The number of ether oxygens (including phenoxy) is 5. The molecule has 160 valence electrons. The molecule has 0 saturated carbocycles. The number of benzene rings is 1. The third kappa shape index (κ3) is 6.16. The van der Waals surface area contributed by atoms with Crippen LogP contribution in [0.2, 0.25) is 0 Å². The summed E-state index contributed by atoms with van der Waals surface area (Å²) in [5.41, 5.74) is 0. The summed E-state index contributed by atoms with van der Waals surface area (Å²) in [5.74, 6) is 0.130. The van der Waals surface area contributed by atoms with Crippen LogP contribution in [-0.4, -0.2) is 52.1 Å². The molecule has 8 heteroatoms. The van der Waals surface area contributed by atoms with Crippen molar-refractivity contribution in [3.05, 3.63) is 23.1 Å². The van der Waals surface area contributed by atoms with Crippen molar-refractivity contribution in [1.82, 2.24) is 0 Å². The van der Waals surface area contributed by atoms with Crippen LogP contribution in [0.1, 0.15) is 36.9 Å². The highest BCUT2D eigenvalue weighted by molar-refractivity contribution is 7.20. The van der Waals surface area contributed by atoms with Crippen molar-refractivity contribution in [3.63, 3.8) is 0 Å². The molecule has 1 heterocycles. The fourth-order valence-electron chi connectivity index (χ4n) is 2.79. The molecule has 0 amide bonds. The Morgan fingerprint density at radius 3 is 2.31 bits per heavy atom. The topological polar surface area (TPSA) is 80.3 Å². The van der Waals surface area contributed by atoms with Crippen LogP contribution in [0.4, 0.5) is 0 Å². The van der Waals surface area contributed by atoms with E-state index in [4.69, 9.17) is 23.7 Å². The van der Waals surface area contributed by atoms with Crippen molar-refractivity contribution < 1.29 is 33.3 Å². The molecular weight excluding hydrogens is 396 g/mol. The fourth-order valence-corrected chi connectivity index (χ4v) is 3.82. The van der Waals surface area contributed by atoms with E-state index in [1.54, 1.807) is 20.1 Å². The highest BCUT2D eigenvalue weighted by Gasteiger charge is 2.21. The summed E-state index contributed by atoms with van der Waals surface area (Å²) < 4.78 is 27.9. The number of methoxy groups -OCH3 is 2. The van der Waals surface area contributed by atoms with Gasteiger partial charge in [-0.05, 0) is 31.4 Å². The van der Waals surface area contributed by atoms with Gasteiger partial charge in [0.25, 0.3) is 0 Å². The number of rotatable bonds is 12. The second-order valence-electron chi connectivity index (χ2n) is 6.35. The molecule has 1 aromatic heterocycles. The third-order valence-corrected chi connectivity index (χ3v) is 5.39. The molecule has 1 unspecified atom stereocenters. The lowest BCUT2D eigenvalue weighted by Gasteiger charge is -2.18. The van der Waals surface area contributed by atoms with Gasteiger partial charge in [-0.25, -0.2) is 0 Å². The minimum absolute atomic E-state index is 0.0988. The Hall–Kier alpha value is -2.16. The standard InChI is InChI=1S/C21H28O7S/c1-6-26-20(27-7-2)12-28-17-9-14-10-19(29-18(14)11-16(17)24-4)15(22)8-13(3)21(23)25-5/h9-11,13,20H,6-8,12H2,1-5H3. The molecule has 0 aliphatic heterocycles. The molecule has 2 rings (SSSR count). The van der Waals surface area contributed by atoms with Gasteiger partial charge in [-0.1, -0.05) is 6.92 Å². The number of ketones is 1. The summed E-state index contributed by atoms with van der Waals surface area (Å²) in [6.07, 6.45) is -0.366. The number of esters is 1. The Kier molecular flexibility index (Phi) is 8.88. The number of hydrogen-bond donors (Lipinski definition) is 0. The van der Waals surface area contributed by atoms with Crippen LogP contribution in [-0.2, 0) is 19.0 Å². The Bertz CT molecular complexity index is 824. The minimum atomic E-state index is -0.486. The SMILES string of the molecule is CCOC(COc1cc2cc(C(=O)CC(C)C(=O)OC)sc2cc1OC)OCC. The molecule has 0 fully saturated rings. The van der Waals surface area contributed by atoms with Crippen LogP contribution in [0, 0.1) is 5.92 Å². The van der Waals surface area contributed by atoms with Gasteiger partial charge >= 0.3 is 5.97 Å². The Labute approximate surface area is 174 Å². The van der Waals surface area contributed by atoms with Crippen molar-refractivity contribution in [3.8, 4) is 11.5 Å². The summed E-state index contributed by atoms with van der Waals surface area (Å²) in [6.45, 7) is 6.72. The molecule has 0 aliphatic rings. The summed E-state index contributed by atoms with van der Waals surface area (Å²) in [6, 6.07) is 5.48. The molecule has 0 spiro atoms. The molecule has 7 nitrogen and oxygen atoms in total. The van der Waals surface area contributed by atoms with E-state index < -0.39 is 18.2 Å². The highest BCUT2D eigenvalue weighted by atomic mass is 32.1. The maximum Gasteiger partial charge on any atom is 0.308 e. The molecule has 0 bridgehead atoms. The zero-order valence-corrected chi connectivity index (χ0v) is 18.3. The van der Waals surface area contributed by atoms with Crippen LogP contribution >= 0.6 is 11.3 Å². The lowest BCUT2D eigenvalue weighted by atomic mass is 10.0. The number of hydrogen-bond acceptors (Lipinski definition) is 8. The van der Waals surface area contributed by atoms with Crippen LogP contribution < -0.4 is 9.47 Å². The Morgan fingerprint density at radius 1 is 1.03 bits per heavy atom. The van der Waals surface area contributed by atoms with E-state index in [0.717, 1.165) is 10.1 Å². The first-order chi connectivity index (χ1) is 13.9. The molecule has 0 aliphatic carbocycles. The van der Waals surface area contributed by atoms with Crippen molar-refractivity contribution >= 4 is 33.2 Å². The summed E-state index contributed by atoms with van der Waals surface area (Å²) >= 11 is 1.36. The van der Waals surface area contributed by atoms with Gasteiger partial charge in [0.15, 0.2) is 23.6 Å². The predicted octanol–water partition coefficient (Wildman–Crippen LogP) is 4.07. The van der Waals surface area contributed by atoms with Gasteiger partial charge in [0.2, 0.25) is 0 Å². The van der Waals surface area contributed by atoms with Crippen molar-refractivity contribution in [2.45, 2.75) is 33.5 Å². The van der Waals surface area contributed by atoms with Crippen LogP contribution in [0.15, 0.2) is 18.2 Å². The summed E-state index contributed by atoms with van der Waals surface area (Å²) in [7, 11) is 2.88. The van der Waals surface area contributed by atoms with E-state index >= 15 is 0 Å². The largest absolute Gasteiger partial charge is 0.493 e. The van der Waals surface area contributed by atoms with Crippen molar-refractivity contribution in [2.24, 2.45) is 5.92 Å². The lowest BCUT2D eigenvalue weighted by Crippen LogP contribution is -2.25. The third-order valence-electron chi connectivity index (χ3n) is 4.25. The normalized spacial score (nSPS) is 12.2. The summed E-state index contributed by atoms with van der Waals surface area (Å²) in [4.78, 5) is 24.7. The molecule has 1 aromatic carbocycles. The maximum absolute atomic E-state index is 12.6. The lowest BCUT2D eigenvalue weighted by molar-refractivity contribution is -0.152. The first kappa shape index (κ1) is 23.1. The number of carbonyl (C=O) groups excluding carboxylic acids is 2. The van der Waals surface area contributed by atoms with E-state index in [2.05, 4.69) is 0 Å². The molecule has 1 atom stereocenters. The van der Waals surface area contributed by atoms with Crippen LogP contribution in [0.3, 0.4) is 0 Å². The van der Waals surface area contributed by atoms with E-state index in [1.807, 2.05) is 26.0 Å². The van der Waals surface area contributed by atoms with E-state index in [1.165, 1.54) is 18.4 Å². The first-order valence-corrected chi connectivity index (χ1v) is 10.3. The van der Waals surface area contributed by atoms with E-state index in [9.17, 15) is 9.59 Å². The predicted molar refractivity (Wildman–Crippen MR) is 111 cm³/mol. The first-order valence-electron chi connectivity index (χ1n) is 9.52. The smallest absolute Gasteiger partial charge is 0.308 e. The molecule has 0 radical (unpaired) electrons. The van der Waals surface area contributed by atoms with Gasteiger partial charge in [-0.3, -0.25) is 9.59 Å². The number of fused-ring (bicyclic) bond motifs is 1.